The number of ether oxygens (including phenoxy) is 2. The Morgan fingerprint density at radius 1 is 1.21 bits per heavy atom. The number of aryl methyl sites for hydroxylation is 1. The van der Waals surface area contributed by atoms with Crippen molar-refractivity contribution in [3.8, 4) is 5.75 Å². The minimum Gasteiger partial charge on any atom is -0.493 e. The average molecular weight is 517 g/mol. The van der Waals surface area contributed by atoms with E-state index in [2.05, 4.69) is 65.2 Å². The van der Waals surface area contributed by atoms with Crippen molar-refractivity contribution in [2.24, 2.45) is 4.99 Å². The van der Waals surface area contributed by atoms with Crippen molar-refractivity contribution in [2.45, 2.75) is 32.7 Å². The fraction of sp³-hybridized carbons (Fsp3) is 0.476. The van der Waals surface area contributed by atoms with E-state index in [9.17, 15) is 0 Å². The van der Waals surface area contributed by atoms with Gasteiger partial charge in [0, 0.05) is 56.6 Å². The second kappa shape index (κ2) is 13.8. The minimum absolute atomic E-state index is 0. The number of hydrogen-bond donors (Lipinski definition) is 2. The quantitative estimate of drug-likeness (QED) is 0.210. The maximum absolute atomic E-state index is 5.95. The van der Waals surface area contributed by atoms with Crippen LogP contribution < -0.4 is 15.4 Å². The molecule has 1 atom stereocenters. The molecule has 1 aromatic heterocycles. The molecule has 0 spiro atoms. The summed E-state index contributed by atoms with van der Waals surface area (Å²) in [5, 5.41) is 8.91. The summed E-state index contributed by atoms with van der Waals surface area (Å²) >= 11 is 1.79. The van der Waals surface area contributed by atoms with Crippen LogP contribution >= 0.6 is 35.3 Å². The number of thiophene rings is 1. The van der Waals surface area contributed by atoms with Gasteiger partial charge in [-0.1, -0.05) is 25.1 Å². The number of nitrogens with one attached hydrogen (secondary N) is 2. The third-order valence-electron chi connectivity index (χ3n) is 4.25. The molecule has 28 heavy (non-hydrogen) atoms. The summed E-state index contributed by atoms with van der Waals surface area (Å²) in [6.45, 7) is 7.15. The summed E-state index contributed by atoms with van der Waals surface area (Å²) < 4.78 is 11.0. The minimum atomic E-state index is 0. The zero-order valence-electron chi connectivity index (χ0n) is 17.2. The molecule has 7 heteroatoms. The van der Waals surface area contributed by atoms with Gasteiger partial charge in [0.15, 0.2) is 5.96 Å². The first-order valence-electron chi connectivity index (χ1n) is 9.33. The van der Waals surface area contributed by atoms with E-state index in [1.807, 2.05) is 0 Å². The molecule has 156 valence electrons. The van der Waals surface area contributed by atoms with Gasteiger partial charge in [0.2, 0.25) is 0 Å². The van der Waals surface area contributed by atoms with Crippen molar-refractivity contribution in [1.29, 1.82) is 0 Å². The number of benzene rings is 1. The van der Waals surface area contributed by atoms with Crippen LogP contribution in [0.1, 0.15) is 35.3 Å². The topological polar surface area (TPSA) is 54.9 Å². The van der Waals surface area contributed by atoms with Crippen LogP contribution in [0.15, 0.2) is 40.7 Å². The summed E-state index contributed by atoms with van der Waals surface area (Å²) in [7, 11) is 3.50. The number of rotatable bonds is 10. The molecule has 2 aromatic rings. The van der Waals surface area contributed by atoms with Gasteiger partial charge in [0.1, 0.15) is 5.75 Å². The maximum atomic E-state index is 5.95. The van der Waals surface area contributed by atoms with E-state index in [4.69, 9.17) is 9.47 Å². The number of halogens is 1. The lowest BCUT2D eigenvalue weighted by Gasteiger charge is -2.17. The molecular weight excluding hydrogens is 485 g/mol. The Balaban J connectivity index is 0.00000392. The number of nitrogens with zero attached hydrogens (tertiary/aromatic N) is 1. The number of hydrogen-bond acceptors (Lipinski definition) is 4. The van der Waals surface area contributed by atoms with E-state index in [0.717, 1.165) is 30.2 Å². The molecule has 0 radical (unpaired) electrons. The molecule has 1 aromatic carbocycles. The van der Waals surface area contributed by atoms with Gasteiger partial charge in [-0.15, -0.1) is 35.3 Å². The van der Waals surface area contributed by atoms with E-state index in [-0.39, 0.29) is 24.0 Å². The monoisotopic (exact) mass is 517 g/mol. The summed E-state index contributed by atoms with van der Waals surface area (Å²) in [6.07, 6.45) is 0.876. The Labute approximate surface area is 190 Å². The first-order chi connectivity index (χ1) is 13.1. The summed E-state index contributed by atoms with van der Waals surface area (Å²) in [5.41, 5.74) is 2.31. The molecule has 2 N–H and O–H groups in total. The highest BCUT2D eigenvalue weighted by Crippen LogP contribution is 2.21. The standard InChI is InChI=1S/C21H31N3O2S.HI/c1-16-8-9-18(19(13-16)26-11-6-10-25-4)15-24-21(22-3)23-14-17(2)20-7-5-12-27-20;/h5,7-9,12-13,17H,6,10-11,14-15H2,1-4H3,(H2,22,23,24);1H. The van der Waals surface area contributed by atoms with Gasteiger partial charge in [-0.05, 0) is 30.0 Å². The lowest BCUT2D eigenvalue weighted by molar-refractivity contribution is 0.171. The van der Waals surface area contributed by atoms with Crippen LogP contribution in [0.4, 0.5) is 0 Å². The summed E-state index contributed by atoms with van der Waals surface area (Å²) in [4.78, 5) is 5.71. The van der Waals surface area contributed by atoms with E-state index < -0.39 is 0 Å². The molecule has 0 bridgehead atoms. The number of methoxy groups -OCH3 is 1. The molecule has 5 nitrogen and oxygen atoms in total. The van der Waals surface area contributed by atoms with Crippen LogP contribution in [-0.4, -0.2) is 39.9 Å². The lowest BCUT2D eigenvalue weighted by Crippen LogP contribution is -2.38. The highest BCUT2D eigenvalue weighted by atomic mass is 127. The Morgan fingerprint density at radius 2 is 2.04 bits per heavy atom. The number of aliphatic imine (C=N–C) groups is 1. The SMILES string of the molecule is CN=C(NCc1ccc(C)cc1OCCCOC)NCC(C)c1cccs1.I. The second-order valence-electron chi connectivity index (χ2n) is 6.53. The Kier molecular flexibility index (Phi) is 12.2. The van der Waals surface area contributed by atoms with Crippen molar-refractivity contribution < 1.29 is 9.47 Å². The predicted octanol–water partition coefficient (Wildman–Crippen LogP) is 4.56. The highest BCUT2D eigenvalue weighted by Gasteiger charge is 2.09. The molecule has 0 fully saturated rings. The van der Waals surface area contributed by atoms with Crippen LogP contribution in [0, 0.1) is 6.92 Å². The molecule has 0 aliphatic carbocycles. The Morgan fingerprint density at radius 3 is 2.71 bits per heavy atom. The van der Waals surface area contributed by atoms with Gasteiger partial charge in [-0.2, -0.15) is 0 Å². The lowest BCUT2D eigenvalue weighted by atomic mass is 10.1. The van der Waals surface area contributed by atoms with Crippen molar-refractivity contribution in [3.63, 3.8) is 0 Å². The fourth-order valence-electron chi connectivity index (χ4n) is 2.65. The largest absolute Gasteiger partial charge is 0.493 e. The second-order valence-corrected chi connectivity index (χ2v) is 7.51. The molecule has 0 aliphatic rings. The average Bonchev–Trinajstić information content (AvgIpc) is 3.21. The van der Waals surface area contributed by atoms with E-state index in [1.54, 1.807) is 25.5 Å². The van der Waals surface area contributed by atoms with Gasteiger partial charge in [0.05, 0.1) is 6.61 Å². The Bertz CT molecular complexity index is 708. The molecule has 0 saturated heterocycles. The smallest absolute Gasteiger partial charge is 0.191 e. The summed E-state index contributed by atoms with van der Waals surface area (Å²) in [6, 6.07) is 10.6. The summed E-state index contributed by atoms with van der Waals surface area (Å²) in [5.74, 6) is 2.16. The Hall–Kier alpha value is -1.32. The predicted molar refractivity (Wildman–Crippen MR) is 130 cm³/mol. The molecule has 0 saturated carbocycles. The van der Waals surface area contributed by atoms with Crippen molar-refractivity contribution >= 4 is 41.3 Å². The first-order valence-corrected chi connectivity index (χ1v) is 10.2. The third kappa shape index (κ3) is 8.36. The molecule has 0 amide bonds. The molecule has 1 unspecified atom stereocenters. The van der Waals surface area contributed by atoms with Crippen LogP contribution in [0.25, 0.3) is 0 Å². The van der Waals surface area contributed by atoms with Gasteiger partial charge in [0.25, 0.3) is 0 Å². The van der Waals surface area contributed by atoms with E-state index in [0.29, 0.717) is 25.7 Å². The van der Waals surface area contributed by atoms with Crippen molar-refractivity contribution in [1.82, 2.24) is 10.6 Å². The van der Waals surface area contributed by atoms with Crippen molar-refractivity contribution in [2.75, 3.05) is 33.9 Å². The van der Waals surface area contributed by atoms with Crippen LogP contribution in [0.2, 0.25) is 0 Å². The fourth-order valence-corrected chi connectivity index (χ4v) is 3.44. The number of guanidine groups is 1. The van der Waals surface area contributed by atoms with Crippen LogP contribution in [-0.2, 0) is 11.3 Å². The molecule has 1 heterocycles. The zero-order valence-corrected chi connectivity index (χ0v) is 20.3. The van der Waals surface area contributed by atoms with Crippen LogP contribution in [0.3, 0.4) is 0 Å². The maximum Gasteiger partial charge on any atom is 0.191 e. The first kappa shape index (κ1) is 24.7. The third-order valence-corrected chi connectivity index (χ3v) is 5.35. The van der Waals surface area contributed by atoms with E-state index in [1.165, 1.54) is 10.4 Å². The zero-order chi connectivity index (χ0) is 19.5. The van der Waals surface area contributed by atoms with Gasteiger partial charge in [-0.3, -0.25) is 4.99 Å². The van der Waals surface area contributed by atoms with Crippen LogP contribution in [0.5, 0.6) is 5.75 Å². The van der Waals surface area contributed by atoms with Gasteiger partial charge in [-0.25, -0.2) is 0 Å². The normalized spacial score (nSPS) is 12.2. The molecule has 2 rings (SSSR count). The van der Waals surface area contributed by atoms with Crippen molar-refractivity contribution in [3.05, 3.63) is 51.7 Å². The highest BCUT2D eigenvalue weighted by molar-refractivity contribution is 14.0. The van der Waals surface area contributed by atoms with E-state index >= 15 is 0 Å². The molecular formula is C21H32IN3O2S. The van der Waals surface area contributed by atoms with Gasteiger partial charge >= 0.3 is 0 Å². The van der Waals surface area contributed by atoms with Gasteiger partial charge < -0.3 is 20.1 Å². The molecule has 0 aliphatic heterocycles.